The Labute approximate surface area is 98.6 Å². The first-order chi connectivity index (χ1) is 7.69. The van der Waals surface area contributed by atoms with Crippen molar-refractivity contribution in [2.45, 2.75) is 39.2 Å². The van der Waals surface area contributed by atoms with E-state index in [4.69, 9.17) is 5.73 Å². The lowest BCUT2D eigenvalue weighted by molar-refractivity contribution is -0.119. The van der Waals surface area contributed by atoms with Gasteiger partial charge in [-0.05, 0) is 31.8 Å². The molecular weight excluding hydrogens is 202 g/mol. The Hall–Kier alpha value is -0.610. The Kier molecular flexibility index (Phi) is 5.77. The minimum absolute atomic E-state index is 0.0536. The zero-order valence-corrected chi connectivity index (χ0v) is 10.5. The van der Waals surface area contributed by atoms with Gasteiger partial charge in [-0.25, -0.2) is 0 Å². The summed E-state index contributed by atoms with van der Waals surface area (Å²) in [5.74, 6) is 0.704. The van der Waals surface area contributed by atoms with E-state index in [1.54, 1.807) is 6.92 Å². The van der Waals surface area contributed by atoms with Gasteiger partial charge in [-0.15, -0.1) is 0 Å². The van der Waals surface area contributed by atoms with Gasteiger partial charge in [0, 0.05) is 26.1 Å². The van der Waals surface area contributed by atoms with Crippen LogP contribution >= 0.6 is 0 Å². The van der Waals surface area contributed by atoms with Crippen molar-refractivity contribution < 1.29 is 4.79 Å². The lowest BCUT2D eigenvalue weighted by Gasteiger charge is -2.31. The van der Waals surface area contributed by atoms with Gasteiger partial charge in [0.05, 0.1) is 0 Å². The summed E-state index contributed by atoms with van der Waals surface area (Å²) in [5, 5.41) is 2.85. The van der Waals surface area contributed by atoms with Gasteiger partial charge < -0.3 is 11.1 Å². The molecule has 0 radical (unpaired) electrons. The van der Waals surface area contributed by atoms with Gasteiger partial charge in [0.1, 0.15) is 0 Å². The number of carbonyl (C=O) groups excluding carboxylic acids is 1. The predicted molar refractivity (Wildman–Crippen MR) is 66.1 cm³/mol. The molecule has 4 nitrogen and oxygen atoms in total. The van der Waals surface area contributed by atoms with E-state index in [2.05, 4.69) is 17.1 Å². The first-order valence-electron chi connectivity index (χ1n) is 6.37. The molecular formula is C12H25N3O. The Balaban J connectivity index is 2.37. The summed E-state index contributed by atoms with van der Waals surface area (Å²) >= 11 is 0. The number of likely N-dealkylation sites (N-methyl/N-ethyl adjacent to an activating group) is 1. The summed E-state index contributed by atoms with van der Waals surface area (Å²) in [4.78, 5) is 13.3. The lowest BCUT2D eigenvalue weighted by atomic mass is 10.0. The van der Waals surface area contributed by atoms with Crippen molar-refractivity contribution in [1.82, 2.24) is 10.2 Å². The predicted octanol–water partition coefficient (Wildman–Crippen LogP) is 0.572. The fourth-order valence-electron chi connectivity index (χ4n) is 2.71. The fourth-order valence-corrected chi connectivity index (χ4v) is 2.71. The molecule has 1 saturated carbocycles. The summed E-state index contributed by atoms with van der Waals surface area (Å²) in [5.41, 5.74) is 5.80. The minimum Gasteiger partial charge on any atom is -0.355 e. The molecule has 0 bridgehead atoms. The Morgan fingerprint density at radius 2 is 2.25 bits per heavy atom. The van der Waals surface area contributed by atoms with Crippen LogP contribution in [0.25, 0.3) is 0 Å². The Bertz CT molecular complexity index is 220. The quantitative estimate of drug-likeness (QED) is 0.697. The van der Waals surface area contributed by atoms with Crippen LogP contribution in [-0.2, 0) is 4.79 Å². The molecule has 0 aromatic rings. The number of hydrogen-bond acceptors (Lipinski definition) is 3. The first kappa shape index (κ1) is 13.5. The highest BCUT2D eigenvalue weighted by molar-refractivity contribution is 5.72. The molecule has 0 heterocycles. The smallest absolute Gasteiger partial charge is 0.216 e. The number of carbonyl (C=O) groups is 1. The summed E-state index contributed by atoms with van der Waals surface area (Å²) < 4.78 is 0. The largest absolute Gasteiger partial charge is 0.355 e. The van der Waals surface area contributed by atoms with Crippen LogP contribution in [0.1, 0.15) is 33.1 Å². The van der Waals surface area contributed by atoms with Crippen molar-refractivity contribution in [2.24, 2.45) is 11.7 Å². The second kappa shape index (κ2) is 6.86. The Morgan fingerprint density at radius 1 is 1.50 bits per heavy atom. The molecule has 2 atom stereocenters. The number of nitrogens with two attached hydrogens (primary N) is 1. The second-order valence-corrected chi connectivity index (χ2v) is 4.61. The highest BCUT2D eigenvalue weighted by atomic mass is 16.1. The number of amides is 1. The van der Waals surface area contributed by atoms with Crippen LogP contribution in [0, 0.1) is 5.92 Å². The average molecular weight is 227 g/mol. The molecule has 94 valence electrons. The van der Waals surface area contributed by atoms with Crippen LogP contribution in [0.4, 0.5) is 0 Å². The van der Waals surface area contributed by atoms with Gasteiger partial charge >= 0.3 is 0 Å². The maximum atomic E-state index is 10.8. The summed E-state index contributed by atoms with van der Waals surface area (Å²) in [6.07, 6.45) is 3.82. The van der Waals surface area contributed by atoms with Crippen LogP contribution in [-0.4, -0.2) is 43.0 Å². The van der Waals surface area contributed by atoms with E-state index >= 15 is 0 Å². The molecule has 1 amide bonds. The molecule has 1 fully saturated rings. The van der Waals surface area contributed by atoms with E-state index in [9.17, 15) is 4.79 Å². The molecule has 0 aliphatic heterocycles. The van der Waals surface area contributed by atoms with Crippen LogP contribution < -0.4 is 11.1 Å². The van der Waals surface area contributed by atoms with Crippen molar-refractivity contribution in [2.75, 3.05) is 26.2 Å². The number of nitrogens with zero attached hydrogens (tertiary/aromatic N) is 1. The monoisotopic (exact) mass is 227 g/mol. The zero-order chi connectivity index (χ0) is 12.0. The molecule has 4 heteroatoms. The highest BCUT2D eigenvalue weighted by Gasteiger charge is 2.29. The van der Waals surface area contributed by atoms with E-state index in [0.717, 1.165) is 26.2 Å². The standard InChI is InChI=1S/C12H25N3O/c1-3-15(8-7-14-10(2)16)12-6-4-5-11(12)9-13/h11-12H,3-9,13H2,1-2H3,(H,14,16). The summed E-state index contributed by atoms with van der Waals surface area (Å²) in [6, 6.07) is 0.628. The van der Waals surface area contributed by atoms with Crippen LogP contribution in [0.5, 0.6) is 0 Å². The Morgan fingerprint density at radius 3 is 2.81 bits per heavy atom. The molecule has 0 aromatic carbocycles. The van der Waals surface area contributed by atoms with Crippen molar-refractivity contribution in [3.63, 3.8) is 0 Å². The molecule has 0 spiro atoms. The third kappa shape index (κ3) is 3.76. The van der Waals surface area contributed by atoms with Crippen LogP contribution in [0.3, 0.4) is 0 Å². The normalized spacial score (nSPS) is 25.0. The third-order valence-corrected chi connectivity index (χ3v) is 3.57. The zero-order valence-electron chi connectivity index (χ0n) is 10.5. The van der Waals surface area contributed by atoms with Crippen molar-refractivity contribution in [3.05, 3.63) is 0 Å². The first-order valence-corrected chi connectivity index (χ1v) is 6.37. The number of hydrogen-bond donors (Lipinski definition) is 2. The number of rotatable bonds is 6. The second-order valence-electron chi connectivity index (χ2n) is 4.61. The van der Waals surface area contributed by atoms with Gasteiger partial charge in [0.15, 0.2) is 0 Å². The van der Waals surface area contributed by atoms with E-state index in [1.165, 1.54) is 19.3 Å². The van der Waals surface area contributed by atoms with E-state index in [1.807, 2.05) is 0 Å². The number of nitrogens with one attached hydrogen (secondary N) is 1. The molecule has 1 aliphatic carbocycles. The third-order valence-electron chi connectivity index (χ3n) is 3.57. The van der Waals surface area contributed by atoms with E-state index in [-0.39, 0.29) is 5.91 Å². The van der Waals surface area contributed by atoms with E-state index in [0.29, 0.717) is 12.0 Å². The summed E-state index contributed by atoms with van der Waals surface area (Å²) in [6.45, 7) is 7.27. The van der Waals surface area contributed by atoms with Gasteiger partial charge in [-0.2, -0.15) is 0 Å². The van der Waals surface area contributed by atoms with Crippen molar-refractivity contribution in [3.8, 4) is 0 Å². The molecule has 2 unspecified atom stereocenters. The molecule has 3 N–H and O–H groups in total. The van der Waals surface area contributed by atoms with Gasteiger partial charge in [0.2, 0.25) is 5.91 Å². The summed E-state index contributed by atoms with van der Waals surface area (Å²) in [7, 11) is 0. The lowest BCUT2D eigenvalue weighted by Crippen LogP contribution is -2.43. The van der Waals surface area contributed by atoms with Gasteiger partial charge in [-0.1, -0.05) is 13.3 Å². The molecule has 0 saturated heterocycles. The maximum Gasteiger partial charge on any atom is 0.216 e. The van der Waals surface area contributed by atoms with Gasteiger partial charge in [-0.3, -0.25) is 9.69 Å². The van der Waals surface area contributed by atoms with Crippen LogP contribution in [0.2, 0.25) is 0 Å². The fraction of sp³-hybridized carbons (Fsp3) is 0.917. The molecule has 16 heavy (non-hydrogen) atoms. The van der Waals surface area contributed by atoms with Crippen molar-refractivity contribution >= 4 is 5.91 Å². The SMILES string of the molecule is CCN(CCNC(C)=O)C1CCCC1CN. The molecule has 1 rings (SSSR count). The molecule has 0 aromatic heterocycles. The average Bonchev–Trinajstić information content (AvgIpc) is 2.72. The topological polar surface area (TPSA) is 58.4 Å². The van der Waals surface area contributed by atoms with Crippen LogP contribution in [0.15, 0.2) is 0 Å². The minimum atomic E-state index is 0.0536. The van der Waals surface area contributed by atoms with Gasteiger partial charge in [0.25, 0.3) is 0 Å². The van der Waals surface area contributed by atoms with E-state index < -0.39 is 0 Å². The maximum absolute atomic E-state index is 10.8. The highest BCUT2D eigenvalue weighted by Crippen LogP contribution is 2.28. The molecule has 1 aliphatic rings. The van der Waals surface area contributed by atoms with Crippen molar-refractivity contribution in [1.29, 1.82) is 0 Å².